The fourth-order valence-corrected chi connectivity index (χ4v) is 3.83. The standard InChI is InChI=1S/C17H32N2O3/c1-8-22-12-10-17(18,15(12,4)5)13(20)19-11-9-16(6,21-7)14(11,2)3/h11-12H,8-10,18H2,1-7H3,(H,19,20). The van der Waals surface area contributed by atoms with Gasteiger partial charge in [-0.25, -0.2) is 0 Å². The van der Waals surface area contributed by atoms with Crippen LogP contribution in [0.15, 0.2) is 0 Å². The third-order valence-corrected chi connectivity index (χ3v) is 6.82. The minimum Gasteiger partial charge on any atom is -0.378 e. The minimum atomic E-state index is -0.859. The smallest absolute Gasteiger partial charge is 0.241 e. The van der Waals surface area contributed by atoms with Crippen molar-refractivity contribution in [3.05, 3.63) is 0 Å². The lowest BCUT2D eigenvalue weighted by molar-refractivity contribution is -0.193. The molecule has 0 aromatic rings. The van der Waals surface area contributed by atoms with Gasteiger partial charge in [0.25, 0.3) is 0 Å². The van der Waals surface area contributed by atoms with Crippen LogP contribution in [-0.2, 0) is 14.3 Å². The van der Waals surface area contributed by atoms with Crippen LogP contribution in [0.3, 0.4) is 0 Å². The first-order chi connectivity index (χ1) is 9.96. The molecule has 0 spiro atoms. The van der Waals surface area contributed by atoms with Gasteiger partial charge in [-0.3, -0.25) is 4.79 Å². The molecular formula is C17H32N2O3. The Labute approximate surface area is 134 Å². The van der Waals surface area contributed by atoms with Gasteiger partial charge in [-0.1, -0.05) is 27.7 Å². The highest BCUT2D eigenvalue weighted by Gasteiger charge is 2.65. The number of nitrogens with one attached hydrogen (secondary N) is 1. The number of amides is 1. The zero-order valence-electron chi connectivity index (χ0n) is 15.1. The molecule has 1 amide bonds. The highest BCUT2D eigenvalue weighted by molar-refractivity contribution is 5.89. The van der Waals surface area contributed by atoms with Crippen LogP contribution in [0.5, 0.6) is 0 Å². The molecule has 0 bridgehead atoms. The Kier molecular flexibility index (Phi) is 4.17. The van der Waals surface area contributed by atoms with Gasteiger partial charge in [0, 0.05) is 37.0 Å². The van der Waals surface area contributed by atoms with Gasteiger partial charge in [0.1, 0.15) is 5.54 Å². The first-order valence-corrected chi connectivity index (χ1v) is 8.23. The van der Waals surface area contributed by atoms with Gasteiger partial charge in [0.2, 0.25) is 5.91 Å². The average Bonchev–Trinajstić information content (AvgIpc) is 2.45. The summed E-state index contributed by atoms with van der Waals surface area (Å²) in [6, 6.07) is 0.0901. The van der Waals surface area contributed by atoms with E-state index in [1.807, 2.05) is 20.8 Å². The SMILES string of the molecule is CCOC1CC(N)(C(=O)NC2CC(C)(OC)C2(C)C)C1(C)C. The zero-order valence-corrected chi connectivity index (χ0v) is 15.1. The van der Waals surface area contributed by atoms with Crippen molar-refractivity contribution >= 4 is 5.91 Å². The lowest BCUT2D eigenvalue weighted by atomic mass is 9.53. The Hall–Kier alpha value is -0.650. The van der Waals surface area contributed by atoms with E-state index in [1.165, 1.54) is 0 Å². The van der Waals surface area contributed by atoms with Crippen LogP contribution in [0.2, 0.25) is 0 Å². The molecule has 4 atom stereocenters. The fourth-order valence-electron chi connectivity index (χ4n) is 3.83. The molecule has 5 nitrogen and oxygen atoms in total. The number of carbonyl (C=O) groups excluding carboxylic acids is 1. The van der Waals surface area contributed by atoms with E-state index >= 15 is 0 Å². The summed E-state index contributed by atoms with van der Waals surface area (Å²) in [4.78, 5) is 12.8. The van der Waals surface area contributed by atoms with Crippen molar-refractivity contribution in [2.75, 3.05) is 13.7 Å². The van der Waals surface area contributed by atoms with Crippen LogP contribution >= 0.6 is 0 Å². The van der Waals surface area contributed by atoms with Gasteiger partial charge in [0.05, 0.1) is 11.7 Å². The van der Waals surface area contributed by atoms with Gasteiger partial charge in [-0.15, -0.1) is 0 Å². The summed E-state index contributed by atoms with van der Waals surface area (Å²) in [7, 11) is 1.73. The molecule has 2 saturated carbocycles. The van der Waals surface area contributed by atoms with Gasteiger partial charge in [-0.05, 0) is 20.3 Å². The lowest BCUT2D eigenvalue weighted by Gasteiger charge is -2.62. The van der Waals surface area contributed by atoms with Gasteiger partial charge in [0.15, 0.2) is 0 Å². The molecule has 0 aliphatic heterocycles. The Bertz CT molecular complexity index is 463. The van der Waals surface area contributed by atoms with Crippen molar-refractivity contribution in [3.8, 4) is 0 Å². The van der Waals surface area contributed by atoms with E-state index in [1.54, 1.807) is 7.11 Å². The molecule has 0 aromatic carbocycles. The van der Waals surface area contributed by atoms with E-state index in [9.17, 15) is 4.79 Å². The molecule has 3 N–H and O–H groups in total. The summed E-state index contributed by atoms with van der Waals surface area (Å²) < 4.78 is 11.3. The molecule has 128 valence electrons. The maximum absolute atomic E-state index is 12.8. The molecule has 0 saturated heterocycles. The summed E-state index contributed by atoms with van der Waals surface area (Å²) in [5.41, 5.74) is 4.91. The fraction of sp³-hybridized carbons (Fsp3) is 0.941. The van der Waals surface area contributed by atoms with Crippen molar-refractivity contribution in [1.82, 2.24) is 5.32 Å². The van der Waals surface area contributed by atoms with E-state index in [0.29, 0.717) is 13.0 Å². The number of ether oxygens (including phenoxy) is 2. The van der Waals surface area contributed by atoms with Crippen LogP contribution in [-0.4, -0.2) is 42.9 Å². The lowest BCUT2D eigenvalue weighted by Crippen LogP contribution is -2.78. The quantitative estimate of drug-likeness (QED) is 0.812. The Morgan fingerprint density at radius 1 is 1.18 bits per heavy atom. The van der Waals surface area contributed by atoms with E-state index in [2.05, 4.69) is 26.1 Å². The number of nitrogens with two attached hydrogens (primary N) is 1. The van der Waals surface area contributed by atoms with Crippen LogP contribution in [0, 0.1) is 10.8 Å². The van der Waals surface area contributed by atoms with Crippen molar-refractivity contribution in [2.45, 2.75) is 77.7 Å². The number of methoxy groups -OCH3 is 1. The maximum atomic E-state index is 12.8. The second kappa shape index (κ2) is 5.18. The third kappa shape index (κ3) is 2.13. The minimum absolute atomic E-state index is 0.0480. The van der Waals surface area contributed by atoms with Gasteiger partial charge in [-0.2, -0.15) is 0 Å². The van der Waals surface area contributed by atoms with Crippen LogP contribution in [0.25, 0.3) is 0 Å². The topological polar surface area (TPSA) is 73.6 Å². The molecule has 0 aromatic heterocycles. The third-order valence-electron chi connectivity index (χ3n) is 6.82. The van der Waals surface area contributed by atoms with Crippen LogP contribution < -0.4 is 11.1 Å². The first-order valence-electron chi connectivity index (χ1n) is 8.23. The highest BCUT2D eigenvalue weighted by atomic mass is 16.5. The van der Waals surface area contributed by atoms with Crippen molar-refractivity contribution < 1.29 is 14.3 Å². The highest BCUT2D eigenvalue weighted by Crippen LogP contribution is 2.53. The van der Waals surface area contributed by atoms with Gasteiger partial charge < -0.3 is 20.5 Å². The molecule has 5 heteroatoms. The predicted molar refractivity (Wildman–Crippen MR) is 86.5 cm³/mol. The Morgan fingerprint density at radius 3 is 2.18 bits per heavy atom. The van der Waals surface area contributed by atoms with E-state index in [0.717, 1.165) is 6.42 Å². The number of hydrogen-bond donors (Lipinski definition) is 2. The van der Waals surface area contributed by atoms with E-state index < -0.39 is 5.54 Å². The number of rotatable bonds is 5. The van der Waals surface area contributed by atoms with Crippen molar-refractivity contribution in [1.29, 1.82) is 0 Å². The summed E-state index contributed by atoms with van der Waals surface area (Å²) in [6.45, 7) is 13.0. The summed E-state index contributed by atoms with van der Waals surface area (Å²) >= 11 is 0. The van der Waals surface area contributed by atoms with E-state index in [-0.39, 0.29) is 34.5 Å². The number of hydrogen-bond acceptors (Lipinski definition) is 4. The normalized spacial score (nSPS) is 42.2. The second-order valence-electron chi connectivity index (χ2n) is 8.23. The van der Waals surface area contributed by atoms with Gasteiger partial charge >= 0.3 is 0 Å². The van der Waals surface area contributed by atoms with Crippen molar-refractivity contribution in [3.63, 3.8) is 0 Å². The molecule has 0 heterocycles. The first kappa shape index (κ1) is 17.7. The largest absolute Gasteiger partial charge is 0.378 e. The molecule has 0 radical (unpaired) electrons. The molecular weight excluding hydrogens is 280 g/mol. The van der Waals surface area contributed by atoms with Crippen molar-refractivity contribution in [2.24, 2.45) is 16.6 Å². The Balaban J connectivity index is 2.03. The molecule has 22 heavy (non-hydrogen) atoms. The predicted octanol–water partition coefficient (Wildman–Crippen LogP) is 1.84. The molecule has 4 unspecified atom stereocenters. The molecule has 2 rings (SSSR count). The summed E-state index contributed by atoms with van der Waals surface area (Å²) in [6.07, 6.45) is 1.44. The molecule has 2 aliphatic carbocycles. The van der Waals surface area contributed by atoms with Crippen LogP contribution in [0.4, 0.5) is 0 Å². The second-order valence-corrected chi connectivity index (χ2v) is 8.23. The Morgan fingerprint density at radius 2 is 1.77 bits per heavy atom. The monoisotopic (exact) mass is 312 g/mol. The van der Waals surface area contributed by atoms with E-state index in [4.69, 9.17) is 15.2 Å². The summed E-state index contributed by atoms with van der Waals surface area (Å²) in [5.74, 6) is -0.0651. The zero-order chi connectivity index (χ0) is 17.0. The molecule has 2 aliphatic rings. The molecule has 2 fully saturated rings. The maximum Gasteiger partial charge on any atom is 0.241 e. The number of carbonyl (C=O) groups is 1. The van der Waals surface area contributed by atoms with Crippen LogP contribution in [0.1, 0.15) is 54.4 Å². The summed E-state index contributed by atoms with van der Waals surface area (Å²) in [5, 5.41) is 3.16. The average molecular weight is 312 g/mol.